The van der Waals surface area contributed by atoms with Crippen molar-refractivity contribution in [2.75, 3.05) is 31.8 Å². The summed E-state index contributed by atoms with van der Waals surface area (Å²) in [6, 6.07) is 19.6. The van der Waals surface area contributed by atoms with Crippen molar-refractivity contribution in [3.05, 3.63) is 231 Å². The normalized spacial score (nSPS) is 13.5. The Bertz CT molecular complexity index is 3910. The molecule has 0 radical (unpaired) electrons. The summed E-state index contributed by atoms with van der Waals surface area (Å²) in [6.07, 6.45) is 7.30. The first-order valence-electron chi connectivity index (χ1n) is 28.2. The molecular formula is C63H73BrN14O6S7. The zero-order valence-corrected chi connectivity index (χ0v) is 59.0. The number of alkyl halides is 1. The van der Waals surface area contributed by atoms with E-state index in [1.54, 1.807) is 73.1 Å². The third kappa shape index (κ3) is 22.6. The van der Waals surface area contributed by atoms with E-state index >= 15 is 0 Å². The Morgan fingerprint density at radius 3 is 1.57 bits per heavy atom. The van der Waals surface area contributed by atoms with E-state index in [4.69, 9.17) is 15.4 Å². The maximum absolute atomic E-state index is 10.1. The van der Waals surface area contributed by atoms with Gasteiger partial charge in [0, 0.05) is 55.2 Å². The fourth-order valence-corrected chi connectivity index (χ4v) is 14.6. The van der Waals surface area contributed by atoms with E-state index < -0.39 is 18.2 Å². The van der Waals surface area contributed by atoms with Crippen molar-refractivity contribution in [2.45, 2.75) is 105 Å². The molecule has 0 bridgehead atoms. The van der Waals surface area contributed by atoms with Gasteiger partial charge in [0.25, 0.3) is 0 Å². The second-order valence-electron chi connectivity index (χ2n) is 20.1. The second-order valence-corrected chi connectivity index (χ2v) is 26.9. The fraction of sp³-hybridized carbons (Fsp3) is 0.333. The van der Waals surface area contributed by atoms with Crippen molar-refractivity contribution < 1.29 is 30.3 Å². The molecule has 1 fully saturated rings. The molecule has 0 spiro atoms. The van der Waals surface area contributed by atoms with Gasteiger partial charge in [0.1, 0.15) is 17.8 Å². The van der Waals surface area contributed by atoms with Crippen LogP contribution in [0.15, 0.2) is 130 Å². The van der Waals surface area contributed by atoms with E-state index in [9.17, 15) is 20.4 Å². The van der Waals surface area contributed by atoms with Crippen LogP contribution in [0, 0.1) is 62.3 Å². The molecule has 1 aliphatic heterocycles. The molecule has 20 nitrogen and oxygen atoms in total. The van der Waals surface area contributed by atoms with Crippen molar-refractivity contribution in [3.8, 4) is 11.3 Å². The van der Waals surface area contributed by atoms with Crippen LogP contribution in [0.4, 0.5) is 0 Å². The van der Waals surface area contributed by atoms with E-state index in [-0.39, 0.29) is 31.8 Å². The van der Waals surface area contributed by atoms with Crippen molar-refractivity contribution in [2.24, 2.45) is 5.11 Å². The van der Waals surface area contributed by atoms with Gasteiger partial charge in [-0.2, -0.15) is 0 Å². The Balaban J connectivity index is 0.000000172. The number of ether oxygens (including phenoxy) is 1. The standard InChI is InChI=1S/C13H13N5OS.2C13H15NOS.C6H8BrNOS.C6H8N4OS.C6H7NOS.C6H7NS/c1-9-13(20-8-15-9)12(7-19)18-6-11(16-17-18)10-3-2-4-14-5-10;1-9-3-5-11(6-4-9)12(7-15)13-10(2)14-8-16-13;1-9-3-5-11(6-4-9)7-12(15)13-10(2)14-8-16-13;1-4-6(5(9)2-7)10-3-8-4;1-4-6(12-3-8-4)5(2-11)9-10-7;1-4-6(5-2-8-5)9-3-7-4;1-3-6-5(2)7-4-8-6/h2-6,8,12,19H,7H2,1H3;2*3-6,8,12,15H,7H2,1-2H3;3,5,9H,2H2,1H3;3,5,11H,2H2,1H3;3,5H,2H2,1H3;3-4H,1H2,2H3. The number of thiazole rings is 7. The average Bonchev–Trinajstić information content (AvgIpc) is 2.37. The van der Waals surface area contributed by atoms with Crippen LogP contribution in [0.5, 0.6) is 0 Å². The van der Waals surface area contributed by atoms with E-state index in [1.807, 2.05) is 89.4 Å². The largest absolute Gasteiger partial charge is 0.396 e. The van der Waals surface area contributed by atoms with Crippen molar-refractivity contribution >= 4 is 101 Å². The lowest BCUT2D eigenvalue weighted by atomic mass is 9.96. The van der Waals surface area contributed by atoms with Gasteiger partial charge in [0.15, 0.2) is 0 Å². The quantitative estimate of drug-likeness (QED) is 0.0186. The highest BCUT2D eigenvalue weighted by molar-refractivity contribution is 9.09. The molecule has 1 aliphatic rings. The number of halogens is 1. The summed E-state index contributed by atoms with van der Waals surface area (Å²) in [7, 11) is 0. The highest BCUT2D eigenvalue weighted by Crippen LogP contribution is 2.35. The molecule has 28 heteroatoms. The van der Waals surface area contributed by atoms with Crippen LogP contribution < -0.4 is 0 Å². The SMILES string of the molecule is C=Cc1scnc1C.Cc1ccc(C(CO)c2scnc2C)cc1.Cc1ccc(CC(O)c2scnc2C)cc1.Cc1ncsc1C(CO)N=[N+]=[N-].Cc1ncsc1C(CO)n1cc(-c2cccnc2)nn1.Cc1ncsc1C(O)CBr.Cc1ncsc1C1CO1. The number of benzene rings is 2. The Labute approximate surface area is 566 Å². The summed E-state index contributed by atoms with van der Waals surface area (Å²) in [5.41, 5.74) is 33.9. The molecule has 0 amide bonds. The number of azide groups is 1. The predicted molar refractivity (Wildman–Crippen MR) is 373 cm³/mol. The zero-order valence-electron chi connectivity index (χ0n) is 51.7. The number of rotatable bonds is 17. The summed E-state index contributed by atoms with van der Waals surface area (Å²) in [4.78, 5) is 42.9. The molecule has 6 unspecified atom stereocenters. The molecule has 9 aromatic heterocycles. The van der Waals surface area contributed by atoms with Crippen molar-refractivity contribution in [1.82, 2.24) is 54.9 Å². The van der Waals surface area contributed by atoms with Gasteiger partial charge in [-0.3, -0.25) is 4.98 Å². The number of epoxide rings is 1. The molecule has 91 heavy (non-hydrogen) atoms. The van der Waals surface area contributed by atoms with E-state index in [0.29, 0.717) is 17.9 Å². The van der Waals surface area contributed by atoms with Gasteiger partial charge < -0.3 is 30.3 Å². The Hall–Kier alpha value is -6.57. The third-order valence-electron chi connectivity index (χ3n) is 13.5. The van der Waals surface area contributed by atoms with Gasteiger partial charge in [-0.05, 0) is 91.1 Å². The number of pyridine rings is 1. The molecular weight excluding hydrogens is 1350 g/mol. The summed E-state index contributed by atoms with van der Waals surface area (Å²) < 4.78 is 6.77. The lowest BCUT2D eigenvalue weighted by molar-refractivity contribution is 0.181. The number of nitrogens with zero attached hydrogens (tertiary/aromatic N) is 14. The second kappa shape index (κ2) is 38.4. The highest BCUT2D eigenvalue weighted by atomic mass is 79.9. The number of aryl methyl sites for hydroxylation is 9. The highest BCUT2D eigenvalue weighted by Gasteiger charge is 2.28. The maximum atomic E-state index is 10.1. The predicted octanol–water partition coefficient (Wildman–Crippen LogP) is 14.9. The Morgan fingerprint density at radius 1 is 0.637 bits per heavy atom. The monoisotopic (exact) mass is 1420 g/mol. The van der Waals surface area contributed by atoms with Crippen LogP contribution in [-0.4, -0.2) is 112 Å². The van der Waals surface area contributed by atoms with Gasteiger partial charge >= 0.3 is 0 Å². The van der Waals surface area contributed by atoms with Gasteiger partial charge in [-0.1, -0.05) is 98.6 Å². The van der Waals surface area contributed by atoms with E-state index in [2.05, 4.69) is 145 Å². The first-order valence-corrected chi connectivity index (χ1v) is 35.5. The van der Waals surface area contributed by atoms with Crippen LogP contribution >= 0.6 is 95.3 Å². The summed E-state index contributed by atoms with van der Waals surface area (Å²) in [6.45, 7) is 22.1. The van der Waals surface area contributed by atoms with Crippen LogP contribution in [0.1, 0.15) is 133 Å². The molecule has 12 rings (SSSR count). The molecule has 6 atom stereocenters. The third-order valence-corrected chi connectivity index (χ3v) is 21.2. The number of hydrogen-bond acceptors (Lipinski definition) is 24. The molecule has 1 saturated heterocycles. The molecule has 10 heterocycles. The molecule has 11 aromatic rings. The first kappa shape index (κ1) is 73.5. The molecule has 0 aliphatic carbocycles. The van der Waals surface area contributed by atoms with Crippen LogP contribution in [0.2, 0.25) is 0 Å². The van der Waals surface area contributed by atoms with Gasteiger partial charge in [-0.25, -0.2) is 39.6 Å². The first-order chi connectivity index (χ1) is 43.9. The van der Waals surface area contributed by atoms with Crippen molar-refractivity contribution in [1.29, 1.82) is 0 Å². The van der Waals surface area contributed by atoms with Gasteiger partial charge in [0.2, 0.25) is 0 Å². The summed E-state index contributed by atoms with van der Waals surface area (Å²) >= 11 is 14.0. The minimum absolute atomic E-state index is 0.0428. The molecule has 0 saturated carbocycles. The Morgan fingerprint density at radius 2 is 1.14 bits per heavy atom. The van der Waals surface area contributed by atoms with Gasteiger partial charge in [-0.15, -0.1) is 84.5 Å². The summed E-state index contributed by atoms with van der Waals surface area (Å²) in [5, 5.41) is 59.7. The topological polar surface area (TPSA) is 296 Å². The number of aliphatic hydroxyl groups is 5. The lowest BCUT2D eigenvalue weighted by Crippen LogP contribution is -2.15. The Kier molecular flexibility index (Phi) is 31.0. The van der Waals surface area contributed by atoms with Crippen LogP contribution in [0.25, 0.3) is 27.8 Å². The van der Waals surface area contributed by atoms with E-state index in [1.165, 1.54) is 66.2 Å². The van der Waals surface area contributed by atoms with E-state index in [0.717, 1.165) is 93.2 Å². The molecule has 480 valence electrons. The van der Waals surface area contributed by atoms with Crippen molar-refractivity contribution in [3.63, 3.8) is 0 Å². The smallest absolute Gasteiger partial charge is 0.117 e. The summed E-state index contributed by atoms with van der Waals surface area (Å²) in [5.74, 6) is 0.0631. The minimum Gasteiger partial charge on any atom is -0.396 e. The zero-order chi connectivity index (χ0) is 65.8. The van der Waals surface area contributed by atoms with Gasteiger partial charge in [0.05, 0.1) is 149 Å². The fourth-order valence-electron chi connectivity index (χ4n) is 8.34. The lowest BCUT2D eigenvalue weighted by Gasteiger charge is -2.13. The maximum Gasteiger partial charge on any atom is 0.117 e. The number of aliphatic hydroxyl groups excluding tert-OH is 5. The molecule has 2 aromatic carbocycles. The van der Waals surface area contributed by atoms with Crippen LogP contribution in [0.3, 0.4) is 0 Å². The number of aromatic nitrogens is 11. The molecule has 5 N–H and O–H groups in total. The van der Waals surface area contributed by atoms with Crippen LogP contribution in [-0.2, 0) is 11.2 Å². The minimum atomic E-state index is -0.484. The number of hydrogen-bond donors (Lipinski definition) is 5. The average molecular weight is 1430 g/mol.